The number of pyridine rings is 1. The Morgan fingerprint density at radius 1 is 0.643 bits per heavy atom. The van der Waals surface area contributed by atoms with E-state index in [4.69, 9.17) is 4.98 Å². The Hall–Kier alpha value is -4.73. The second-order valence-corrected chi connectivity index (χ2v) is 12.8. The first-order valence-corrected chi connectivity index (χ1v) is 15.5. The quantitative estimate of drug-likeness (QED) is 0.212. The largest absolute Gasteiger partial charge is 0.308 e. The lowest BCUT2D eigenvalue weighted by Crippen LogP contribution is -1.92. The van der Waals surface area contributed by atoms with Gasteiger partial charge >= 0.3 is 0 Å². The molecule has 4 heterocycles. The van der Waals surface area contributed by atoms with E-state index in [0.717, 1.165) is 5.69 Å². The van der Waals surface area contributed by atoms with Gasteiger partial charge in [0.05, 0.1) is 26.9 Å². The zero-order valence-corrected chi connectivity index (χ0v) is 24.6. The number of para-hydroxylation sites is 2. The Balaban J connectivity index is 1.27. The van der Waals surface area contributed by atoms with Crippen molar-refractivity contribution in [3.05, 3.63) is 120 Å². The molecule has 0 atom stereocenters. The molecule has 0 fully saturated rings. The van der Waals surface area contributed by atoms with E-state index in [9.17, 15) is 0 Å². The first-order chi connectivity index (χ1) is 20.6. The summed E-state index contributed by atoms with van der Waals surface area (Å²) >= 11 is 1.88. The van der Waals surface area contributed by atoms with E-state index >= 15 is 0 Å². The van der Waals surface area contributed by atoms with E-state index in [2.05, 4.69) is 128 Å². The fraction of sp³-hybridized carbons (Fsp3) is 0.103. The lowest BCUT2D eigenvalue weighted by Gasteiger charge is -2.13. The molecule has 0 spiro atoms. The van der Waals surface area contributed by atoms with Crippen LogP contribution in [0, 0.1) is 6.92 Å². The summed E-state index contributed by atoms with van der Waals surface area (Å²) in [5.41, 5.74) is 10.1. The van der Waals surface area contributed by atoms with Gasteiger partial charge in [0.15, 0.2) is 0 Å². The molecule has 5 aromatic carbocycles. The summed E-state index contributed by atoms with van der Waals surface area (Å²) in [5.74, 6) is 0.433. The Morgan fingerprint density at radius 2 is 1.38 bits per heavy atom. The first-order valence-electron chi connectivity index (χ1n) is 14.7. The maximum Gasteiger partial charge on any atom is 0.0880 e. The predicted octanol–water partition coefficient (Wildman–Crippen LogP) is 11.4. The van der Waals surface area contributed by atoms with E-state index in [0.29, 0.717) is 5.92 Å². The van der Waals surface area contributed by atoms with Gasteiger partial charge in [0.1, 0.15) is 0 Å². The molecule has 0 saturated heterocycles. The van der Waals surface area contributed by atoms with E-state index < -0.39 is 0 Å². The number of nitrogens with zero attached hydrogens (tertiary/aromatic N) is 2. The molecule has 4 aromatic heterocycles. The highest BCUT2D eigenvalue weighted by atomic mass is 32.1. The summed E-state index contributed by atoms with van der Waals surface area (Å²) < 4.78 is 3.71. The van der Waals surface area contributed by atoms with Crippen LogP contribution >= 0.6 is 11.3 Å². The van der Waals surface area contributed by atoms with Crippen LogP contribution < -0.4 is 0 Å². The minimum Gasteiger partial charge on any atom is -0.308 e. The van der Waals surface area contributed by atoms with Gasteiger partial charge in [-0.15, -0.1) is 11.3 Å². The minimum atomic E-state index is 0.433. The smallest absolute Gasteiger partial charge is 0.0880 e. The van der Waals surface area contributed by atoms with Crippen LogP contribution in [0.15, 0.2) is 109 Å². The summed E-state index contributed by atoms with van der Waals surface area (Å²) in [5, 5.41) is 9.17. The third kappa shape index (κ3) is 3.17. The average molecular weight is 557 g/mol. The number of fused-ring (bicyclic) bond motifs is 8. The molecule has 0 aliphatic rings. The van der Waals surface area contributed by atoms with Crippen molar-refractivity contribution < 1.29 is 0 Å². The molecule has 3 heteroatoms. The molecule has 0 saturated carbocycles. The van der Waals surface area contributed by atoms with E-state index in [1.807, 2.05) is 17.5 Å². The SMILES string of the molecule is Cc1c(-c2ccc3c(c2)c2cccc4c5ccccc5n3c42)sc2c(-c3cc(C(C)C)c4ccccc4c3)nccc12. The molecule has 0 bridgehead atoms. The number of hydrogen-bond acceptors (Lipinski definition) is 2. The highest BCUT2D eigenvalue weighted by molar-refractivity contribution is 7.23. The second kappa shape index (κ2) is 8.64. The molecular weight excluding hydrogens is 529 g/mol. The van der Waals surface area contributed by atoms with Gasteiger partial charge in [-0.3, -0.25) is 4.98 Å². The Morgan fingerprint density at radius 3 is 2.24 bits per heavy atom. The monoisotopic (exact) mass is 556 g/mol. The highest BCUT2D eigenvalue weighted by Gasteiger charge is 2.20. The van der Waals surface area contributed by atoms with Crippen molar-refractivity contribution in [3.63, 3.8) is 0 Å². The Labute approximate surface area is 247 Å². The zero-order valence-electron chi connectivity index (χ0n) is 23.8. The van der Waals surface area contributed by atoms with Crippen LogP contribution in [-0.2, 0) is 0 Å². The van der Waals surface area contributed by atoms with Crippen molar-refractivity contribution in [2.45, 2.75) is 26.7 Å². The van der Waals surface area contributed by atoms with E-state index in [-0.39, 0.29) is 0 Å². The fourth-order valence-corrected chi connectivity index (χ4v) is 8.47. The molecule has 0 aliphatic carbocycles. The molecule has 0 amide bonds. The first kappa shape index (κ1) is 23.9. The van der Waals surface area contributed by atoms with Crippen molar-refractivity contribution in [1.29, 1.82) is 0 Å². The van der Waals surface area contributed by atoms with Crippen molar-refractivity contribution in [2.24, 2.45) is 0 Å². The van der Waals surface area contributed by atoms with Crippen molar-refractivity contribution in [3.8, 4) is 21.7 Å². The molecule has 42 heavy (non-hydrogen) atoms. The van der Waals surface area contributed by atoms with Crippen LogP contribution in [0.2, 0.25) is 0 Å². The predicted molar refractivity (Wildman–Crippen MR) is 181 cm³/mol. The molecule has 0 aliphatic heterocycles. The summed E-state index contributed by atoms with van der Waals surface area (Å²) in [6.07, 6.45) is 1.98. The Kier molecular flexibility index (Phi) is 4.92. The van der Waals surface area contributed by atoms with Crippen LogP contribution in [0.3, 0.4) is 0 Å². The average Bonchev–Trinajstić information content (AvgIpc) is 3.67. The van der Waals surface area contributed by atoms with Crippen molar-refractivity contribution in [2.75, 3.05) is 0 Å². The van der Waals surface area contributed by atoms with Gasteiger partial charge in [-0.1, -0.05) is 80.6 Å². The molecule has 2 nitrogen and oxygen atoms in total. The maximum atomic E-state index is 4.97. The lowest BCUT2D eigenvalue weighted by molar-refractivity contribution is 0.876. The fourth-order valence-electron chi connectivity index (χ4n) is 7.16. The van der Waals surface area contributed by atoms with Gasteiger partial charge in [-0.25, -0.2) is 0 Å². The molecule has 0 radical (unpaired) electrons. The molecule has 200 valence electrons. The van der Waals surface area contributed by atoms with E-state index in [1.165, 1.54) is 86.1 Å². The Bertz CT molecular complexity index is 2510. The molecule has 0 unspecified atom stereocenters. The summed E-state index contributed by atoms with van der Waals surface area (Å²) in [4.78, 5) is 6.29. The summed E-state index contributed by atoms with van der Waals surface area (Å²) in [6.45, 7) is 6.82. The molecule has 9 rings (SSSR count). The third-order valence-corrected chi connectivity index (χ3v) is 10.5. The molecular formula is C39H28N2S. The number of rotatable bonds is 3. The minimum absolute atomic E-state index is 0.433. The maximum absolute atomic E-state index is 4.97. The van der Waals surface area contributed by atoms with Crippen LogP contribution in [0.25, 0.3) is 80.7 Å². The number of thiophene rings is 1. The van der Waals surface area contributed by atoms with Crippen LogP contribution in [-0.4, -0.2) is 9.38 Å². The number of hydrogen-bond donors (Lipinski definition) is 0. The number of aryl methyl sites for hydroxylation is 1. The van der Waals surface area contributed by atoms with Gasteiger partial charge in [0.25, 0.3) is 0 Å². The van der Waals surface area contributed by atoms with Crippen LogP contribution in [0.5, 0.6) is 0 Å². The number of aromatic nitrogens is 2. The summed E-state index contributed by atoms with van der Waals surface area (Å²) in [7, 11) is 0. The van der Waals surface area contributed by atoms with Gasteiger partial charge < -0.3 is 4.40 Å². The van der Waals surface area contributed by atoms with E-state index in [1.54, 1.807) is 0 Å². The highest BCUT2D eigenvalue weighted by Crippen LogP contribution is 2.45. The number of benzene rings is 5. The van der Waals surface area contributed by atoms with Gasteiger partial charge in [0.2, 0.25) is 0 Å². The van der Waals surface area contributed by atoms with Crippen LogP contribution in [0.4, 0.5) is 0 Å². The second-order valence-electron chi connectivity index (χ2n) is 11.8. The van der Waals surface area contributed by atoms with Crippen molar-refractivity contribution in [1.82, 2.24) is 9.38 Å². The molecule has 0 N–H and O–H groups in total. The standard InChI is InChI=1S/C39H28N2S/c1-22(2)32-21-26(19-24-9-4-5-10-28(24)32)36-39-27(17-18-40-36)23(3)38(42-39)25-15-16-35-33(20-25)31-13-8-12-30-29-11-6-7-14-34(29)41(35)37(30)31/h4-22H,1-3H3. The topological polar surface area (TPSA) is 17.3 Å². The van der Waals surface area contributed by atoms with Gasteiger partial charge in [0, 0.05) is 38.2 Å². The van der Waals surface area contributed by atoms with Crippen LogP contribution in [0.1, 0.15) is 30.9 Å². The zero-order chi connectivity index (χ0) is 28.1. The summed E-state index contributed by atoms with van der Waals surface area (Å²) in [6, 6.07) is 38.1. The normalized spacial score (nSPS) is 12.4. The molecule has 9 aromatic rings. The van der Waals surface area contributed by atoms with Crippen molar-refractivity contribution >= 4 is 70.3 Å². The third-order valence-electron chi connectivity index (χ3n) is 9.13. The lowest BCUT2D eigenvalue weighted by atomic mass is 9.92. The van der Waals surface area contributed by atoms with Gasteiger partial charge in [-0.05, 0) is 82.1 Å². The van der Waals surface area contributed by atoms with Gasteiger partial charge in [-0.2, -0.15) is 0 Å².